The van der Waals surface area contributed by atoms with E-state index < -0.39 is 23.4 Å². The predicted molar refractivity (Wildman–Crippen MR) is 176 cm³/mol. The van der Waals surface area contributed by atoms with Gasteiger partial charge in [0.25, 0.3) is 0 Å². The van der Waals surface area contributed by atoms with Gasteiger partial charge in [0.15, 0.2) is 11.6 Å². The Bertz CT molecular complexity index is 1750. The summed E-state index contributed by atoms with van der Waals surface area (Å²) in [6.07, 6.45) is -1.89. The number of nitrogens with one attached hydrogen (secondary N) is 1. The lowest BCUT2D eigenvalue weighted by Gasteiger charge is -2.35. The van der Waals surface area contributed by atoms with E-state index in [1.54, 1.807) is 11.0 Å². The predicted octanol–water partition coefficient (Wildman–Crippen LogP) is 8.64. The second-order valence-electron chi connectivity index (χ2n) is 11.4. The van der Waals surface area contributed by atoms with Crippen molar-refractivity contribution in [3.05, 3.63) is 143 Å². The number of hydrogen-bond donors (Lipinski definition) is 1. The highest BCUT2D eigenvalue weighted by Crippen LogP contribution is 2.37. The van der Waals surface area contributed by atoms with Gasteiger partial charge in [0, 0.05) is 36.6 Å². The first kappa shape index (κ1) is 33.6. The van der Waals surface area contributed by atoms with E-state index in [-0.39, 0.29) is 24.4 Å². The van der Waals surface area contributed by atoms with Crippen LogP contribution in [0, 0.1) is 11.6 Å². The lowest BCUT2D eigenvalue weighted by atomic mass is 9.96. The number of para-hydroxylation sites is 1. The van der Waals surface area contributed by atoms with Crippen LogP contribution < -0.4 is 10.2 Å². The number of alkyl halides is 3. The number of amides is 1. The Morgan fingerprint density at radius 2 is 1.55 bits per heavy atom. The summed E-state index contributed by atoms with van der Waals surface area (Å²) in [5.74, 6) is -1.89. The van der Waals surface area contributed by atoms with Gasteiger partial charge in [-0.25, -0.2) is 8.78 Å². The van der Waals surface area contributed by atoms with Crippen molar-refractivity contribution in [1.29, 1.82) is 0 Å². The SMILES string of the molecule is C=C1C=C(CCc2cccc(F)c2F)N(CC(=O)N(CCNCC)Cc2ccc(-c3ccc(C(F)(F)F)cc3)cc2)c2ccccc21. The van der Waals surface area contributed by atoms with E-state index in [0.717, 1.165) is 58.4 Å². The first-order chi connectivity index (χ1) is 22.5. The summed E-state index contributed by atoms with van der Waals surface area (Å²) in [7, 11) is 0. The number of likely N-dealkylation sites (N-methyl/N-ethyl adjacent to an activating group) is 1. The molecular formula is C38H36F5N3O. The van der Waals surface area contributed by atoms with Crippen molar-refractivity contribution in [2.45, 2.75) is 32.5 Å². The van der Waals surface area contributed by atoms with Gasteiger partial charge < -0.3 is 15.1 Å². The van der Waals surface area contributed by atoms with E-state index in [2.05, 4.69) is 11.9 Å². The summed E-state index contributed by atoms with van der Waals surface area (Å²) in [4.78, 5) is 17.7. The third-order valence-electron chi connectivity index (χ3n) is 8.24. The summed E-state index contributed by atoms with van der Waals surface area (Å²) in [6, 6.07) is 24.2. The molecule has 0 fully saturated rings. The molecule has 0 aromatic heterocycles. The standard InChI is InChI=1S/C38H36F5N3O/c1-3-44-21-22-45(24-27-11-13-28(14-12-27)29-15-18-31(19-16-29)38(41,42)43)36(47)25-46-32(20-17-30-7-6-9-34(39)37(30)40)23-26(2)33-8-4-5-10-35(33)46/h4-16,18-19,23,44H,2-3,17,20-22,24-25H2,1H3. The van der Waals surface area contributed by atoms with Crippen LogP contribution in [0.4, 0.5) is 27.6 Å². The number of nitrogens with zero attached hydrogens (tertiary/aromatic N) is 2. The molecule has 47 heavy (non-hydrogen) atoms. The van der Waals surface area contributed by atoms with Gasteiger partial charge in [-0.3, -0.25) is 4.79 Å². The van der Waals surface area contributed by atoms with Crippen LogP contribution in [0.2, 0.25) is 0 Å². The molecule has 0 saturated carbocycles. The van der Waals surface area contributed by atoms with Crippen molar-refractivity contribution in [3.63, 3.8) is 0 Å². The average molecular weight is 646 g/mol. The zero-order valence-corrected chi connectivity index (χ0v) is 26.1. The van der Waals surface area contributed by atoms with Crippen LogP contribution in [0.3, 0.4) is 0 Å². The Balaban J connectivity index is 1.35. The molecule has 0 atom stereocenters. The summed E-state index contributed by atoms with van der Waals surface area (Å²) in [6.45, 7) is 8.32. The maximum Gasteiger partial charge on any atom is 0.416 e. The van der Waals surface area contributed by atoms with Crippen molar-refractivity contribution in [1.82, 2.24) is 10.2 Å². The van der Waals surface area contributed by atoms with Crippen molar-refractivity contribution >= 4 is 17.2 Å². The molecule has 0 spiro atoms. The summed E-state index contributed by atoms with van der Waals surface area (Å²) < 4.78 is 67.4. The molecule has 244 valence electrons. The number of fused-ring (bicyclic) bond motifs is 1. The average Bonchev–Trinajstić information content (AvgIpc) is 3.06. The number of carbonyl (C=O) groups is 1. The molecular weight excluding hydrogens is 609 g/mol. The number of anilines is 1. The minimum absolute atomic E-state index is 0.0253. The first-order valence-electron chi connectivity index (χ1n) is 15.5. The van der Waals surface area contributed by atoms with Crippen LogP contribution in [0.15, 0.2) is 109 Å². The lowest BCUT2D eigenvalue weighted by molar-refractivity contribution is -0.137. The van der Waals surface area contributed by atoms with E-state index in [1.165, 1.54) is 18.2 Å². The second kappa shape index (κ2) is 14.8. The highest BCUT2D eigenvalue weighted by atomic mass is 19.4. The minimum Gasteiger partial charge on any atom is -0.336 e. The third kappa shape index (κ3) is 8.16. The molecule has 5 rings (SSSR count). The van der Waals surface area contributed by atoms with Crippen LogP contribution in [0.25, 0.3) is 16.7 Å². The largest absolute Gasteiger partial charge is 0.416 e. The second-order valence-corrected chi connectivity index (χ2v) is 11.4. The Morgan fingerprint density at radius 1 is 0.872 bits per heavy atom. The molecule has 1 aliphatic heterocycles. The van der Waals surface area contributed by atoms with Gasteiger partial charge in [0.2, 0.25) is 5.91 Å². The van der Waals surface area contributed by atoms with Crippen molar-refractivity contribution in [2.75, 3.05) is 31.1 Å². The van der Waals surface area contributed by atoms with E-state index in [1.807, 2.05) is 66.4 Å². The fourth-order valence-corrected chi connectivity index (χ4v) is 5.68. The van der Waals surface area contributed by atoms with Crippen molar-refractivity contribution < 1.29 is 26.7 Å². The summed E-state index contributed by atoms with van der Waals surface area (Å²) >= 11 is 0. The van der Waals surface area contributed by atoms with Gasteiger partial charge in [0.1, 0.15) is 6.54 Å². The topological polar surface area (TPSA) is 35.6 Å². The molecule has 1 amide bonds. The van der Waals surface area contributed by atoms with E-state index >= 15 is 0 Å². The van der Waals surface area contributed by atoms with Gasteiger partial charge >= 0.3 is 6.18 Å². The van der Waals surface area contributed by atoms with E-state index in [0.29, 0.717) is 31.6 Å². The fraction of sp³-hybridized carbons (Fsp3) is 0.237. The minimum atomic E-state index is -4.40. The Morgan fingerprint density at radius 3 is 2.23 bits per heavy atom. The highest BCUT2D eigenvalue weighted by molar-refractivity contribution is 5.90. The van der Waals surface area contributed by atoms with E-state index in [9.17, 15) is 26.7 Å². The summed E-state index contributed by atoms with van der Waals surface area (Å²) in [5, 5.41) is 3.27. The lowest BCUT2D eigenvalue weighted by Crippen LogP contribution is -2.43. The van der Waals surface area contributed by atoms with E-state index in [4.69, 9.17) is 0 Å². The summed E-state index contributed by atoms with van der Waals surface area (Å²) in [5.41, 5.74) is 5.11. The molecule has 4 nitrogen and oxygen atoms in total. The number of rotatable bonds is 12. The van der Waals surface area contributed by atoms with Gasteiger partial charge in [-0.05, 0) is 77.6 Å². The molecule has 9 heteroatoms. The highest BCUT2D eigenvalue weighted by Gasteiger charge is 2.30. The molecule has 1 N–H and O–H groups in total. The normalized spacial score (nSPS) is 12.9. The number of benzene rings is 4. The smallest absolute Gasteiger partial charge is 0.336 e. The van der Waals surface area contributed by atoms with Gasteiger partial charge in [-0.1, -0.05) is 80.2 Å². The van der Waals surface area contributed by atoms with Gasteiger partial charge in [0.05, 0.1) is 5.56 Å². The van der Waals surface area contributed by atoms with Crippen LogP contribution in [-0.4, -0.2) is 37.0 Å². The molecule has 1 heterocycles. The van der Waals surface area contributed by atoms with Gasteiger partial charge in [-0.2, -0.15) is 13.2 Å². The maximum atomic E-state index is 14.5. The molecule has 0 aliphatic carbocycles. The molecule has 4 aromatic carbocycles. The Labute approximate surface area is 271 Å². The first-order valence-corrected chi connectivity index (χ1v) is 15.5. The van der Waals surface area contributed by atoms with Crippen LogP contribution in [0.5, 0.6) is 0 Å². The molecule has 0 saturated heterocycles. The number of allylic oxidation sites excluding steroid dienone is 3. The molecule has 1 aliphatic rings. The van der Waals surface area contributed by atoms with Crippen molar-refractivity contribution in [3.8, 4) is 11.1 Å². The van der Waals surface area contributed by atoms with Crippen LogP contribution in [0.1, 0.15) is 35.6 Å². The Hall–Kier alpha value is -4.76. The van der Waals surface area contributed by atoms with Crippen LogP contribution in [-0.2, 0) is 23.9 Å². The number of hydrogen-bond acceptors (Lipinski definition) is 3. The zero-order valence-electron chi connectivity index (χ0n) is 26.1. The third-order valence-corrected chi connectivity index (χ3v) is 8.24. The van der Waals surface area contributed by atoms with Gasteiger partial charge in [-0.15, -0.1) is 0 Å². The number of aryl methyl sites for hydroxylation is 1. The molecule has 0 radical (unpaired) electrons. The Kier molecular flexibility index (Phi) is 10.6. The zero-order chi connectivity index (χ0) is 33.6. The number of halogens is 5. The molecule has 0 unspecified atom stereocenters. The molecule has 4 aromatic rings. The molecule has 0 bridgehead atoms. The number of carbonyl (C=O) groups excluding carboxylic acids is 1. The van der Waals surface area contributed by atoms with Crippen molar-refractivity contribution in [2.24, 2.45) is 0 Å². The fourth-order valence-electron chi connectivity index (χ4n) is 5.68. The quantitative estimate of drug-likeness (QED) is 0.124. The maximum absolute atomic E-state index is 14.5. The van der Waals surface area contributed by atoms with Crippen LogP contribution >= 0.6 is 0 Å². The monoisotopic (exact) mass is 645 g/mol.